The lowest BCUT2D eigenvalue weighted by atomic mass is 9.95. The highest BCUT2D eigenvalue weighted by molar-refractivity contribution is 6.30. The SMILES string of the molecule is CC(C)CC[C@@H](c1cccc(Cl)c1F)N1CCNCC1. The Kier molecular flexibility index (Phi) is 5.82. The van der Waals surface area contributed by atoms with E-state index in [1.54, 1.807) is 6.07 Å². The molecule has 1 aromatic carbocycles. The standard InChI is InChI=1S/C16H24ClFN2/c1-12(2)6-7-15(20-10-8-19-9-11-20)13-4-3-5-14(17)16(13)18/h3-5,12,15,19H,6-11H2,1-2H3/t15-/m0/s1. The summed E-state index contributed by atoms with van der Waals surface area (Å²) in [7, 11) is 0. The molecule has 2 nitrogen and oxygen atoms in total. The molecule has 1 aliphatic heterocycles. The van der Waals surface area contributed by atoms with Crippen LogP contribution in [0, 0.1) is 11.7 Å². The van der Waals surface area contributed by atoms with Crippen LogP contribution in [0.4, 0.5) is 4.39 Å². The van der Waals surface area contributed by atoms with Gasteiger partial charge in [0.2, 0.25) is 0 Å². The van der Waals surface area contributed by atoms with Crippen molar-refractivity contribution in [2.24, 2.45) is 5.92 Å². The highest BCUT2D eigenvalue weighted by atomic mass is 35.5. The Morgan fingerprint density at radius 1 is 1.25 bits per heavy atom. The van der Waals surface area contributed by atoms with Gasteiger partial charge in [0.05, 0.1) is 5.02 Å². The van der Waals surface area contributed by atoms with Crippen LogP contribution in [-0.4, -0.2) is 31.1 Å². The van der Waals surface area contributed by atoms with Crippen molar-refractivity contribution >= 4 is 11.6 Å². The molecule has 0 amide bonds. The minimum absolute atomic E-state index is 0.137. The molecule has 1 saturated heterocycles. The van der Waals surface area contributed by atoms with E-state index in [0.29, 0.717) is 5.92 Å². The first-order valence-electron chi connectivity index (χ1n) is 7.48. The summed E-state index contributed by atoms with van der Waals surface area (Å²) in [4.78, 5) is 2.38. The Morgan fingerprint density at radius 3 is 2.60 bits per heavy atom. The molecular weight excluding hydrogens is 275 g/mol. The van der Waals surface area contributed by atoms with Gasteiger partial charge in [0.15, 0.2) is 0 Å². The summed E-state index contributed by atoms with van der Waals surface area (Å²) in [6.45, 7) is 8.30. The maximum absolute atomic E-state index is 14.4. The second-order valence-corrected chi connectivity index (χ2v) is 6.32. The van der Waals surface area contributed by atoms with Crippen molar-refractivity contribution in [2.75, 3.05) is 26.2 Å². The fourth-order valence-electron chi connectivity index (χ4n) is 2.80. The molecular formula is C16H24ClFN2. The number of benzene rings is 1. The molecule has 2 rings (SSSR count). The summed E-state index contributed by atoms with van der Waals surface area (Å²) < 4.78 is 14.4. The van der Waals surface area contributed by atoms with E-state index in [9.17, 15) is 4.39 Å². The van der Waals surface area contributed by atoms with Gasteiger partial charge in [-0.3, -0.25) is 4.90 Å². The van der Waals surface area contributed by atoms with Crippen molar-refractivity contribution in [1.29, 1.82) is 0 Å². The Balaban J connectivity index is 2.22. The van der Waals surface area contributed by atoms with Crippen molar-refractivity contribution in [3.63, 3.8) is 0 Å². The predicted molar refractivity (Wildman–Crippen MR) is 82.7 cm³/mol. The van der Waals surface area contributed by atoms with Gasteiger partial charge in [-0.15, -0.1) is 0 Å². The third kappa shape index (κ3) is 3.94. The van der Waals surface area contributed by atoms with Crippen molar-refractivity contribution < 1.29 is 4.39 Å². The van der Waals surface area contributed by atoms with Crippen LogP contribution in [0.3, 0.4) is 0 Å². The first kappa shape index (κ1) is 15.7. The Bertz CT molecular complexity index is 430. The highest BCUT2D eigenvalue weighted by Gasteiger charge is 2.25. The molecule has 1 atom stereocenters. The van der Waals surface area contributed by atoms with Gasteiger partial charge in [-0.05, 0) is 24.8 Å². The van der Waals surface area contributed by atoms with E-state index < -0.39 is 0 Å². The molecule has 1 aliphatic rings. The zero-order valence-electron chi connectivity index (χ0n) is 12.3. The van der Waals surface area contributed by atoms with Gasteiger partial charge in [-0.1, -0.05) is 37.6 Å². The molecule has 0 spiro atoms. The third-order valence-corrected chi connectivity index (χ3v) is 4.24. The van der Waals surface area contributed by atoms with E-state index in [0.717, 1.165) is 44.6 Å². The van der Waals surface area contributed by atoms with Crippen LogP contribution in [0.2, 0.25) is 5.02 Å². The lowest BCUT2D eigenvalue weighted by Gasteiger charge is -2.36. The van der Waals surface area contributed by atoms with E-state index in [4.69, 9.17) is 11.6 Å². The topological polar surface area (TPSA) is 15.3 Å². The van der Waals surface area contributed by atoms with E-state index in [-0.39, 0.29) is 16.9 Å². The summed E-state index contributed by atoms with van der Waals surface area (Å²) in [5.74, 6) is 0.379. The van der Waals surface area contributed by atoms with Crippen molar-refractivity contribution in [3.8, 4) is 0 Å². The molecule has 4 heteroatoms. The molecule has 112 valence electrons. The van der Waals surface area contributed by atoms with Gasteiger partial charge in [-0.2, -0.15) is 0 Å². The number of piperazine rings is 1. The highest BCUT2D eigenvalue weighted by Crippen LogP contribution is 2.32. The van der Waals surface area contributed by atoms with Crippen LogP contribution in [0.5, 0.6) is 0 Å². The first-order valence-corrected chi connectivity index (χ1v) is 7.86. The molecule has 0 unspecified atom stereocenters. The zero-order chi connectivity index (χ0) is 14.5. The number of hydrogen-bond acceptors (Lipinski definition) is 2. The van der Waals surface area contributed by atoms with Crippen LogP contribution in [-0.2, 0) is 0 Å². The average molecular weight is 299 g/mol. The zero-order valence-corrected chi connectivity index (χ0v) is 13.1. The minimum Gasteiger partial charge on any atom is -0.314 e. The summed E-state index contributed by atoms with van der Waals surface area (Å²) in [5, 5.41) is 3.58. The van der Waals surface area contributed by atoms with Crippen molar-refractivity contribution in [1.82, 2.24) is 10.2 Å². The molecule has 0 aliphatic carbocycles. The molecule has 0 aromatic heterocycles. The van der Waals surface area contributed by atoms with Crippen LogP contribution in [0.1, 0.15) is 38.3 Å². The molecule has 20 heavy (non-hydrogen) atoms. The summed E-state index contributed by atoms with van der Waals surface area (Å²) in [6, 6.07) is 5.50. The fourth-order valence-corrected chi connectivity index (χ4v) is 2.98. The van der Waals surface area contributed by atoms with Crippen LogP contribution < -0.4 is 5.32 Å². The smallest absolute Gasteiger partial charge is 0.146 e. The molecule has 1 fully saturated rings. The van der Waals surface area contributed by atoms with Crippen LogP contribution in [0.15, 0.2) is 18.2 Å². The van der Waals surface area contributed by atoms with Gasteiger partial charge in [0.25, 0.3) is 0 Å². The summed E-state index contributed by atoms with van der Waals surface area (Å²) >= 11 is 5.95. The molecule has 0 bridgehead atoms. The molecule has 0 radical (unpaired) electrons. The van der Waals surface area contributed by atoms with Crippen LogP contribution >= 0.6 is 11.6 Å². The summed E-state index contributed by atoms with van der Waals surface area (Å²) in [6.07, 6.45) is 2.08. The fraction of sp³-hybridized carbons (Fsp3) is 0.625. The lowest BCUT2D eigenvalue weighted by Crippen LogP contribution is -2.45. The maximum Gasteiger partial charge on any atom is 0.146 e. The van der Waals surface area contributed by atoms with Gasteiger partial charge < -0.3 is 5.32 Å². The minimum atomic E-state index is -0.249. The van der Waals surface area contributed by atoms with Crippen molar-refractivity contribution in [3.05, 3.63) is 34.6 Å². The first-order chi connectivity index (χ1) is 9.59. The number of hydrogen-bond donors (Lipinski definition) is 1. The maximum atomic E-state index is 14.4. The van der Waals surface area contributed by atoms with Crippen molar-refractivity contribution in [2.45, 2.75) is 32.7 Å². The van der Waals surface area contributed by atoms with Gasteiger partial charge in [0.1, 0.15) is 5.82 Å². The van der Waals surface area contributed by atoms with Gasteiger partial charge in [0, 0.05) is 37.8 Å². The third-order valence-electron chi connectivity index (χ3n) is 3.95. The lowest BCUT2D eigenvalue weighted by molar-refractivity contribution is 0.156. The number of nitrogens with one attached hydrogen (secondary N) is 1. The molecule has 1 aromatic rings. The van der Waals surface area contributed by atoms with E-state index in [1.807, 2.05) is 12.1 Å². The average Bonchev–Trinajstić information content (AvgIpc) is 2.44. The quantitative estimate of drug-likeness (QED) is 0.888. The summed E-state index contributed by atoms with van der Waals surface area (Å²) in [5.41, 5.74) is 0.750. The number of halogens is 2. The second-order valence-electron chi connectivity index (χ2n) is 5.92. The van der Waals surface area contributed by atoms with E-state index in [2.05, 4.69) is 24.1 Å². The molecule has 1 heterocycles. The van der Waals surface area contributed by atoms with Crippen LogP contribution in [0.25, 0.3) is 0 Å². The van der Waals surface area contributed by atoms with E-state index >= 15 is 0 Å². The molecule has 1 N–H and O–H groups in total. The largest absolute Gasteiger partial charge is 0.314 e. The monoisotopic (exact) mass is 298 g/mol. The normalized spacial score (nSPS) is 18.4. The number of rotatable bonds is 5. The molecule has 0 saturated carbocycles. The Labute approximate surface area is 126 Å². The Morgan fingerprint density at radius 2 is 1.95 bits per heavy atom. The van der Waals surface area contributed by atoms with Gasteiger partial charge >= 0.3 is 0 Å². The predicted octanol–water partition coefficient (Wildman–Crippen LogP) is 3.86. The Hall–Kier alpha value is -0.640. The van der Waals surface area contributed by atoms with Gasteiger partial charge in [-0.25, -0.2) is 4.39 Å². The second kappa shape index (κ2) is 7.39. The van der Waals surface area contributed by atoms with E-state index in [1.165, 1.54) is 0 Å². The number of nitrogens with zero attached hydrogens (tertiary/aromatic N) is 1.